The average molecular weight is 557 g/mol. The number of ether oxygens (including phenoxy) is 2. The maximum Gasteiger partial charge on any atom is 0.247 e. The van der Waals surface area contributed by atoms with Crippen LogP contribution in [0, 0.1) is 0 Å². The Bertz CT molecular complexity index is 1140. The number of carbonyl (C=O) groups excluding carboxylic acids is 4. The number of nitrogens with one attached hydrogen (secondary N) is 1. The first-order valence-corrected chi connectivity index (χ1v) is 14.2. The van der Waals surface area contributed by atoms with Crippen LogP contribution in [0.15, 0.2) is 23.8 Å². The molecule has 4 atom stereocenters. The van der Waals surface area contributed by atoms with Crippen LogP contribution in [-0.2, 0) is 14.4 Å². The quantitative estimate of drug-likeness (QED) is 0.279. The van der Waals surface area contributed by atoms with Crippen LogP contribution in [-0.4, -0.2) is 83.5 Å². The fraction of sp³-hybridized carbons (Fsp3) is 0.600. The predicted octanol–water partition coefficient (Wildman–Crippen LogP) is 2.44. The minimum absolute atomic E-state index is 0.0119. The molecule has 2 aliphatic carbocycles. The molecule has 1 fully saturated rings. The summed E-state index contributed by atoms with van der Waals surface area (Å²) in [5.41, 5.74) is 1.18. The zero-order valence-electron chi connectivity index (χ0n) is 23.3. The Morgan fingerprint density at radius 3 is 2.50 bits per heavy atom. The van der Waals surface area contributed by atoms with Crippen LogP contribution >= 0.6 is 0 Å². The van der Waals surface area contributed by atoms with Crippen molar-refractivity contribution in [2.75, 3.05) is 20.3 Å². The lowest BCUT2D eigenvalue weighted by Crippen LogP contribution is -2.58. The number of carbonyl (C=O) groups is 4. The highest BCUT2D eigenvalue weighted by molar-refractivity contribution is 5.96. The molecular formula is C30H40N2O8. The molecule has 0 spiro atoms. The molecule has 1 saturated carbocycles. The number of aldehydes is 1. The van der Waals surface area contributed by atoms with Crippen LogP contribution < -0.4 is 14.8 Å². The summed E-state index contributed by atoms with van der Waals surface area (Å²) >= 11 is 0. The van der Waals surface area contributed by atoms with Crippen molar-refractivity contribution in [3.8, 4) is 11.5 Å². The third kappa shape index (κ3) is 6.23. The molecule has 218 valence electrons. The molecule has 10 nitrogen and oxygen atoms in total. The molecule has 1 aromatic carbocycles. The first kappa shape index (κ1) is 29.7. The first-order chi connectivity index (χ1) is 19.3. The second-order valence-corrected chi connectivity index (χ2v) is 10.9. The minimum atomic E-state index is -1.17. The van der Waals surface area contributed by atoms with Gasteiger partial charge in [0.15, 0.2) is 11.5 Å². The van der Waals surface area contributed by atoms with Gasteiger partial charge in [0.1, 0.15) is 24.3 Å². The van der Waals surface area contributed by atoms with Gasteiger partial charge in [-0.2, -0.15) is 0 Å². The molecule has 3 N–H and O–H groups in total. The molecule has 0 radical (unpaired) electrons. The van der Waals surface area contributed by atoms with Gasteiger partial charge in [0.2, 0.25) is 11.8 Å². The fourth-order valence-corrected chi connectivity index (χ4v) is 6.30. The van der Waals surface area contributed by atoms with Crippen LogP contribution in [0.5, 0.6) is 11.5 Å². The number of hydrogen-bond donors (Lipinski definition) is 3. The largest absolute Gasteiger partial charge is 0.493 e. The van der Waals surface area contributed by atoms with E-state index >= 15 is 0 Å². The summed E-state index contributed by atoms with van der Waals surface area (Å²) in [5, 5.41) is 23.9. The second-order valence-electron chi connectivity index (χ2n) is 10.9. The highest BCUT2D eigenvalue weighted by atomic mass is 16.5. The Morgan fingerprint density at radius 2 is 1.88 bits per heavy atom. The van der Waals surface area contributed by atoms with Gasteiger partial charge in [-0.25, -0.2) is 0 Å². The average Bonchev–Trinajstić information content (AvgIpc) is 3.13. The van der Waals surface area contributed by atoms with Crippen LogP contribution in [0.3, 0.4) is 0 Å². The molecule has 40 heavy (non-hydrogen) atoms. The zero-order chi connectivity index (χ0) is 28.8. The minimum Gasteiger partial charge on any atom is -0.493 e. The molecule has 1 aromatic rings. The van der Waals surface area contributed by atoms with Gasteiger partial charge in [0.05, 0.1) is 25.7 Å². The number of nitrogens with zero attached hydrogens (tertiary/aromatic N) is 1. The number of methoxy groups -OCH3 is 1. The van der Waals surface area contributed by atoms with Crippen molar-refractivity contribution in [2.24, 2.45) is 0 Å². The Morgan fingerprint density at radius 1 is 1.15 bits per heavy atom. The molecule has 4 unspecified atom stereocenters. The van der Waals surface area contributed by atoms with E-state index in [-0.39, 0.29) is 37.3 Å². The summed E-state index contributed by atoms with van der Waals surface area (Å²) in [7, 11) is 1.45. The first-order valence-electron chi connectivity index (χ1n) is 14.2. The molecule has 1 heterocycles. The lowest BCUT2D eigenvalue weighted by Gasteiger charge is -2.44. The maximum absolute atomic E-state index is 13.8. The highest BCUT2D eigenvalue weighted by Gasteiger charge is 2.52. The SMILES string of the molecule is COc1cc(C=O)cc2c1OC1C2C(C(=O)NCCO)=CC(N(C(=O)CCCC(C)=O)C2CCCCCC2)C1O. The molecule has 0 saturated heterocycles. The van der Waals surface area contributed by atoms with Gasteiger partial charge in [-0.15, -0.1) is 0 Å². The van der Waals surface area contributed by atoms with Crippen molar-refractivity contribution in [2.45, 2.75) is 94.9 Å². The van der Waals surface area contributed by atoms with Crippen molar-refractivity contribution < 1.29 is 38.9 Å². The number of hydrogen-bond acceptors (Lipinski definition) is 8. The summed E-state index contributed by atoms with van der Waals surface area (Å²) in [5.74, 6) is -0.655. The van der Waals surface area contributed by atoms with Gasteiger partial charge in [0, 0.05) is 42.1 Å². The summed E-state index contributed by atoms with van der Waals surface area (Å²) in [4.78, 5) is 52.2. The molecular weight excluding hydrogens is 516 g/mol. The van der Waals surface area contributed by atoms with E-state index in [1.165, 1.54) is 14.0 Å². The van der Waals surface area contributed by atoms with E-state index in [1.807, 2.05) is 0 Å². The number of aliphatic hydroxyl groups excluding tert-OH is 2. The standard InChI is InChI=1S/C30H40N2O8/c1-18(35)8-7-11-25(36)32(20-9-5-3-4-6-10-20)23-16-22(30(38)31-12-13-33)26-21-14-19(17-34)15-24(39-2)28(21)40-29(26)27(23)37/h14-17,20,23,26-27,29,33,37H,3-13H2,1-2H3,(H,31,38). The Labute approximate surface area is 234 Å². The number of fused-ring (bicyclic) bond motifs is 3. The van der Waals surface area contributed by atoms with E-state index in [2.05, 4.69) is 5.32 Å². The molecule has 2 amide bonds. The van der Waals surface area contributed by atoms with E-state index in [1.54, 1.807) is 23.1 Å². The fourth-order valence-electron chi connectivity index (χ4n) is 6.30. The number of benzene rings is 1. The van der Waals surface area contributed by atoms with Crippen molar-refractivity contribution in [1.29, 1.82) is 0 Å². The van der Waals surface area contributed by atoms with Crippen molar-refractivity contribution in [3.05, 3.63) is 34.9 Å². The Hall–Kier alpha value is -3.24. The summed E-state index contributed by atoms with van der Waals surface area (Å²) < 4.78 is 11.7. The number of ketones is 1. The molecule has 4 rings (SSSR count). The number of amides is 2. The molecule has 10 heteroatoms. The van der Waals surface area contributed by atoms with E-state index in [4.69, 9.17) is 9.47 Å². The van der Waals surface area contributed by atoms with Crippen molar-refractivity contribution >= 4 is 23.9 Å². The van der Waals surface area contributed by atoms with Crippen LogP contribution in [0.2, 0.25) is 0 Å². The van der Waals surface area contributed by atoms with E-state index < -0.39 is 30.1 Å². The maximum atomic E-state index is 13.8. The van der Waals surface area contributed by atoms with Gasteiger partial charge >= 0.3 is 0 Å². The van der Waals surface area contributed by atoms with E-state index in [0.29, 0.717) is 47.3 Å². The van der Waals surface area contributed by atoms with Crippen LogP contribution in [0.4, 0.5) is 0 Å². The molecule has 3 aliphatic rings. The van der Waals surface area contributed by atoms with Gasteiger partial charge in [-0.05, 0) is 44.4 Å². The lowest BCUT2D eigenvalue weighted by molar-refractivity contribution is -0.141. The third-order valence-corrected chi connectivity index (χ3v) is 8.16. The molecule has 1 aliphatic heterocycles. The normalized spacial score (nSPS) is 24.1. The second kappa shape index (κ2) is 13.4. The van der Waals surface area contributed by atoms with Crippen LogP contribution in [0.25, 0.3) is 0 Å². The Balaban J connectivity index is 1.78. The van der Waals surface area contributed by atoms with Crippen LogP contribution in [0.1, 0.15) is 86.6 Å². The topological polar surface area (TPSA) is 142 Å². The third-order valence-electron chi connectivity index (χ3n) is 8.16. The van der Waals surface area contributed by atoms with Crippen molar-refractivity contribution in [3.63, 3.8) is 0 Å². The number of aliphatic hydroxyl groups is 2. The van der Waals surface area contributed by atoms with Gasteiger partial charge < -0.3 is 34.7 Å². The van der Waals surface area contributed by atoms with Gasteiger partial charge in [0.25, 0.3) is 0 Å². The Kier molecular flexibility index (Phi) is 9.97. The number of Topliss-reactive ketones (excluding diaryl/α,β-unsaturated/α-hetero) is 1. The van der Waals surface area contributed by atoms with Gasteiger partial charge in [-0.3, -0.25) is 14.4 Å². The highest BCUT2D eigenvalue weighted by Crippen LogP contribution is 2.51. The summed E-state index contributed by atoms with van der Waals surface area (Å²) in [6.45, 7) is 1.28. The van der Waals surface area contributed by atoms with Gasteiger partial charge in [-0.1, -0.05) is 25.7 Å². The lowest BCUT2D eigenvalue weighted by atomic mass is 9.76. The zero-order valence-corrected chi connectivity index (χ0v) is 23.3. The summed E-state index contributed by atoms with van der Waals surface area (Å²) in [6.07, 6.45) is 6.75. The van der Waals surface area contributed by atoms with E-state index in [0.717, 1.165) is 38.5 Å². The molecule has 0 aromatic heterocycles. The van der Waals surface area contributed by atoms with Crippen molar-refractivity contribution in [1.82, 2.24) is 10.2 Å². The smallest absolute Gasteiger partial charge is 0.247 e. The summed E-state index contributed by atoms with van der Waals surface area (Å²) in [6, 6.07) is 2.21. The van der Waals surface area contributed by atoms with E-state index in [9.17, 15) is 29.4 Å². The molecule has 0 bridgehead atoms. The predicted molar refractivity (Wildman–Crippen MR) is 146 cm³/mol. The number of rotatable bonds is 11. The monoisotopic (exact) mass is 556 g/mol.